The minimum Gasteiger partial charge on any atom is -0.508 e. The predicted octanol–water partition coefficient (Wildman–Crippen LogP) is 5.76. The molecule has 27 heavy (non-hydrogen) atoms. The van der Waals surface area contributed by atoms with Crippen molar-refractivity contribution in [3.8, 4) is 16.9 Å². The molecule has 134 valence electrons. The molecule has 0 aliphatic carbocycles. The molecular formula is C20H14Cl2N4O. The third-order valence-corrected chi connectivity index (χ3v) is 4.76. The summed E-state index contributed by atoms with van der Waals surface area (Å²) in [6.45, 7) is 1.95. The Balaban J connectivity index is 1.75. The molecule has 0 saturated heterocycles. The van der Waals surface area contributed by atoms with E-state index in [9.17, 15) is 5.11 Å². The van der Waals surface area contributed by atoms with Crippen molar-refractivity contribution in [1.29, 1.82) is 0 Å². The van der Waals surface area contributed by atoms with Gasteiger partial charge in [-0.3, -0.25) is 0 Å². The third kappa shape index (κ3) is 3.52. The summed E-state index contributed by atoms with van der Waals surface area (Å²) in [5.41, 5.74) is 4.70. The van der Waals surface area contributed by atoms with Crippen LogP contribution in [0.15, 0.2) is 54.6 Å². The second-order valence-corrected chi connectivity index (χ2v) is 6.88. The van der Waals surface area contributed by atoms with Gasteiger partial charge in [-0.1, -0.05) is 29.3 Å². The van der Waals surface area contributed by atoms with Crippen LogP contribution in [0.1, 0.15) is 5.56 Å². The highest BCUT2D eigenvalue weighted by atomic mass is 35.5. The fourth-order valence-electron chi connectivity index (χ4n) is 2.86. The van der Waals surface area contributed by atoms with Gasteiger partial charge in [0, 0.05) is 21.3 Å². The summed E-state index contributed by atoms with van der Waals surface area (Å²) in [6, 6.07) is 15.9. The maximum atomic E-state index is 9.37. The van der Waals surface area contributed by atoms with Gasteiger partial charge in [-0.2, -0.15) is 0 Å². The van der Waals surface area contributed by atoms with Gasteiger partial charge in [-0.05, 0) is 66.6 Å². The van der Waals surface area contributed by atoms with Crippen LogP contribution in [-0.4, -0.2) is 20.3 Å². The number of halogens is 2. The molecule has 0 aliphatic heterocycles. The third-order valence-electron chi connectivity index (χ3n) is 4.13. The highest BCUT2D eigenvalue weighted by molar-refractivity contribution is 6.39. The Bertz CT molecular complexity index is 1130. The lowest BCUT2D eigenvalue weighted by molar-refractivity contribution is 0.475. The summed E-state index contributed by atoms with van der Waals surface area (Å²) in [4.78, 5) is 4.56. The van der Waals surface area contributed by atoms with Gasteiger partial charge in [-0.25, -0.2) is 4.98 Å². The van der Waals surface area contributed by atoms with Crippen LogP contribution in [0.25, 0.3) is 22.2 Å². The van der Waals surface area contributed by atoms with Crippen molar-refractivity contribution in [2.75, 3.05) is 5.32 Å². The van der Waals surface area contributed by atoms with E-state index in [1.807, 2.05) is 25.1 Å². The number of hydrogen-bond donors (Lipinski definition) is 2. The van der Waals surface area contributed by atoms with E-state index in [-0.39, 0.29) is 5.75 Å². The topological polar surface area (TPSA) is 70.9 Å². The molecule has 0 aliphatic rings. The number of hydrogen-bond acceptors (Lipinski definition) is 5. The van der Waals surface area contributed by atoms with Gasteiger partial charge < -0.3 is 10.4 Å². The molecule has 0 fully saturated rings. The molecule has 0 spiro atoms. The fourth-order valence-corrected chi connectivity index (χ4v) is 3.47. The minimum atomic E-state index is 0.194. The molecule has 4 rings (SSSR count). The van der Waals surface area contributed by atoms with Crippen LogP contribution in [0.4, 0.5) is 11.6 Å². The zero-order valence-corrected chi connectivity index (χ0v) is 15.8. The number of nitrogens with zero attached hydrogens (tertiary/aromatic N) is 3. The molecule has 0 amide bonds. The van der Waals surface area contributed by atoms with Crippen LogP contribution in [0, 0.1) is 6.92 Å². The van der Waals surface area contributed by atoms with E-state index in [0.717, 1.165) is 27.9 Å². The normalized spacial score (nSPS) is 10.9. The second-order valence-electron chi connectivity index (χ2n) is 6.06. The number of aromatic hydroxyl groups is 1. The maximum absolute atomic E-state index is 9.37. The molecule has 2 N–H and O–H groups in total. The SMILES string of the molecule is Cc1cc(-c2c(Cl)cccc2Cl)cc2nnc(Nc3ccc(O)cc3)nc12. The zero-order valence-electron chi connectivity index (χ0n) is 14.2. The number of benzene rings is 3. The number of rotatable bonds is 3. The van der Waals surface area contributed by atoms with E-state index in [2.05, 4.69) is 20.5 Å². The van der Waals surface area contributed by atoms with Crippen LogP contribution in [0.2, 0.25) is 10.0 Å². The van der Waals surface area contributed by atoms with Crippen LogP contribution >= 0.6 is 23.2 Å². The van der Waals surface area contributed by atoms with E-state index < -0.39 is 0 Å². The monoisotopic (exact) mass is 396 g/mol. The van der Waals surface area contributed by atoms with Crippen molar-refractivity contribution in [3.05, 3.63) is 70.2 Å². The number of aromatic nitrogens is 3. The molecule has 0 saturated carbocycles. The first-order valence-corrected chi connectivity index (χ1v) is 8.92. The van der Waals surface area contributed by atoms with Gasteiger partial charge in [0.15, 0.2) is 0 Å². The summed E-state index contributed by atoms with van der Waals surface area (Å²) in [5, 5.41) is 22.0. The van der Waals surface area contributed by atoms with Gasteiger partial charge in [0.1, 0.15) is 11.3 Å². The van der Waals surface area contributed by atoms with E-state index in [1.165, 1.54) is 0 Å². The molecule has 7 heteroatoms. The summed E-state index contributed by atoms with van der Waals surface area (Å²) < 4.78 is 0. The van der Waals surface area contributed by atoms with Crippen LogP contribution < -0.4 is 5.32 Å². The van der Waals surface area contributed by atoms with Crippen LogP contribution in [0.5, 0.6) is 5.75 Å². The lowest BCUT2D eigenvalue weighted by atomic mass is 10.0. The lowest BCUT2D eigenvalue weighted by Gasteiger charge is -2.11. The molecule has 0 unspecified atom stereocenters. The Hall–Kier alpha value is -2.89. The number of phenolic OH excluding ortho intramolecular Hbond substituents is 1. The maximum Gasteiger partial charge on any atom is 0.247 e. The van der Waals surface area contributed by atoms with Crippen molar-refractivity contribution in [1.82, 2.24) is 15.2 Å². The summed E-state index contributed by atoms with van der Waals surface area (Å²) in [5.74, 6) is 0.569. The van der Waals surface area contributed by atoms with Gasteiger partial charge >= 0.3 is 0 Å². The summed E-state index contributed by atoms with van der Waals surface area (Å²) >= 11 is 12.7. The molecular weight excluding hydrogens is 383 g/mol. The quantitative estimate of drug-likeness (QED) is 0.431. The van der Waals surface area contributed by atoms with Gasteiger partial charge in [0.25, 0.3) is 0 Å². The van der Waals surface area contributed by atoms with Crippen molar-refractivity contribution in [3.63, 3.8) is 0 Å². The van der Waals surface area contributed by atoms with Crippen molar-refractivity contribution < 1.29 is 5.11 Å². The number of anilines is 2. The Morgan fingerprint density at radius 3 is 2.33 bits per heavy atom. The largest absolute Gasteiger partial charge is 0.508 e. The standard InChI is InChI=1S/C20H14Cl2N4O/c1-11-9-12(18-15(21)3-2-4-16(18)22)10-17-19(11)24-20(26-25-17)23-13-5-7-14(27)8-6-13/h2-10,27H,1H3,(H,23,24,26). The molecule has 5 nitrogen and oxygen atoms in total. The molecule has 4 aromatic rings. The van der Waals surface area contributed by atoms with Gasteiger partial charge in [0.2, 0.25) is 5.95 Å². The smallest absolute Gasteiger partial charge is 0.247 e. The van der Waals surface area contributed by atoms with E-state index in [1.54, 1.807) is 36.4 Å². The van der Waals surface area contributed by atoms with E-state index in [4.69, 9.17) is 23.2 Å². The van der Waals surface area contributed by atoms with Crippen LogP contribution in [-0.2, 0) is 0 Å². The Kier molecular flexibility index (Phi) is 4.56. The Morgan fingerprint density at radius 1 is 0.926 bits per heavy atom. The number of fused-ring (bicyclic) bond motifs is 1. The number of nitrogens with one attached hydrogen (secondary N) is 1. The van der Waals surface area contributed by atoms with Crippen molar-refractivity contribution in [2.24, 2.45) is 0 Å². The fraction of sp³-hybridized carbons (Fsp3) is 0.0500. The number of phenols is 1. The molecule has 1 heterocycles. The van der Waals surface area contributed by atoms with Crippen molar-refractivity contribution >= 4 is 45.9 Å². The zero-order chi connectivity index (χ0) is 19.0. The van der Waals surface area contributed by atoms with Gasteiger partial charge in [0.05, 0.1) is 5.52 Å². The Labute approximate surface area is 165 Å². The summed E-state index contributed by atoms with van der Waals surface area (Å²) in [7, 11) is 0. The molecule has 1 aromatic heterocycles. The first-order chi connectivity index (χ1) is 13.0. The highest BCUT2D eigenvalue weighted by Crippen LogP contribution is 2.36. The molecule has 0 bridgehead atoms. The van der Waals surface area contributed by atoms with E-state index >= 15 is 0 Å². The first kappa shape index (κ1) is 17.5. The second kappa shape index (κ2) is 7.02. The van der Waals surface area contributed by atoms with Gasteiger partial charge in [-0.15, -0.1) is 10.2 Å². The molecule has 0 radical (unpaired) electrons. The Morgan fingerprint density at radius 2 is 1.63 bits per heavy atom. The van der Waals surface area contributed by atoms with Crippen LogP contribution in [0.3, 0.4) is 0 Å². The average Bonchev–Trinajstić information content (AvgIpc) is 2.64. The summed E-state index contributed by atoms with van der Waals surface area (Å²) in [6.07, 6.45) is 0. The van der Waals surface area contributed by atoms with Crippen molar-refractivity contribution in [2.45, 2.75) is 6.92 Å². The molecule has 3 aromatic carbocycles. The highest BCUT2D eigenvalue weighted by Gasteiger charge is 2.12. The lowest BCUT2D eigenvalue weighted by Crippen LogP contribution is -2.00. The predicted molar refractivity (Wildman–Crippen MR) is 109 cm³/mol. The number of aryl methyl sites for hydroxylation is 1. The van der Waals surface area contributed by atoms with E-state index in [0.29, 0.717) is 21.5 Å². The minimum absolute atomic E-state index is 0.194. The molecule has 0 atom stereocenters. The first-order valence-electron chi connectivity index (χ1n) is 8.17. The average molecular weight is 397 g/mol.